The highest BCUT2D eigenvalue weighted by atomic mass is 35.5. The maximum absolute atomic E-state index is 14.8. The van der Waals surface area contributed by atoms with E-state index in [4.69, 9.17) is 22.0 Å². The van der Waals surface area contributed by atoms with Crippen molar-refractivity contribution < 1.29 is 13.6 Å². The molecular formula is C31H27ClF2N8O. The summed E-state index contributed by atoms with van der Waals surface area (Å²) < 4.78 is 29.7. The van der Waals surface area contributed by atoms with Crippen LogP contribution in [0.5, 0.6) is 0 Å². The first-order valence-corrected chi connectivity index (χ1v) is 13.9. The number of carbonyl (C=O) groups is 1. The number of benzene rings is 2. The first-order valence-electron chi connectivity index (χ1n) is 13.5. The number of aromatic nitrogens is 2. The molecule has 12 heteroatoms. The average Bonchev–Trinajstić information content (AvgIpc) is 3.11. The summed E-state index contributed by atoms with van der Waals surface area (Å²) in [5.41, 5.74) is 3.45. The molecule has 0 saturated carbocycles. The van der Waals surface area contributed by atoms with Crippen LogP contribution in [0.2, 0.25) is 0 Å². The van der Waals surface area contributed by atoms with Crippen LogP contribution in [-0.4, -0.2) is 70.0 Å². The number of fused-ring (bicyclic) bond motifs is 3. The van der Waals surface area contributed by atoms with Crippen LogP contribution in [0.4, 0.5) is 20.4 Å². The minimum absolute atomic E-state index is 0.0615. The lowest BCUT2D eigenvalue weighted by atomic mass is 9.84. The van der Waals surface area contributed by atoms with Gasteiger partial charge in [-0.05, 0) is 68.1 Å². The number of aliphatic imine (C=N–C) groups is 1. The highest BCUT2D eigenvalue weighted by Gasteiger charge is 2.31. The van der Waals surface area contributed by atoms with Gasteiger partial charge in [0.15, 0.2) is 5.96 Å². The second kappa shape index (κ2) is 11.5. The van der Waals surface area contributed by atoms with Crippen LogP contribution in [-0.2, 0) is 6.42 Å². The van der Waals surface area contributed by atoms with Crippen molar-refractivity contribution in [3.8, 4) is 0 Å². The lowest BCUT2D eigenvalue weighted by Gasteiger charge is -2.43. The Morgan fingerprint density at radius 3 is 2.58 bits per heavy atom. The molecule has 3 heterocycles. The number of amides is 1. The summed E-state index contributed by atoms with van der Waals surface area (Å²) in [5.74, 6) is -1.51. The van der Waals surface area contributed by atoms with E-state index >= 15 is 0 Å². The Labute approximate surface area is 251 Å². The fraction of sp³-hybridized carbons (Fsp3) is 0.194. The molecule has 2 aromatic carbocycles. The van der Waals surface area contributed by atoms with Gasteiger partial charge in [0.1, 0.15) is 16.8 Å². The van der Waals surface area contributed by atoms with Crippen molar-refractivity contribution in [3.63, 3.8) is 0 Å². The topological polar surface area (TPSA) is 110 Å². The van der Waals surface area contributed by atoms with Gasteiger partial charge in [0.25, 0.3) is 5.91 Å². The lowest BCUT2D eigenvalue weighted by molar-refractivity contribution is 0.0942. The van der Waals surface area contributed by atoms with Crippen molar-refractivity contribution in [2.75, 3.05) is 32.5 Å². The Bertz CT molecular complexity index is 1750. The Kier molecular flexibility index (Phi) is 7.59. The number of allylic oxidation sites excluding steroid dienone is 5. The molecule has 218 valence electrons. The van der Waals surface area contributed by atoms with Crippen molar-refractivity contribution in [2.45, 2.75) is 12.5 Å². The minimum atomic E-state index is -0.713. The van der Waals surface area contributed by atoms with Gasteiger partial charge in [-0.2, -0.15) is 0 Å². The maximum Gasteiger partial charge on any atom is 0.258 e. The van der Waals surface area contributed by atoms with Crippen molar-refractivity contribution in [3.05, 3.63) is 107 Å². The van der Waals surface area contributed by atoms with Crippen LogP contribution in [0.1, 0.15) is 27.2 Å². The van der Waals surface area contributed by atoms with Gasteiger partial charge >= 0.3 is 0 Å². The van der Waals surface area contributed by atoms with Gasteiger partial charge in [-0.1, -0.05) is 29.8 Å². The number of rotatable bonds is 5. The number of anilines is 2. The fourth-order valence-electron chi connectivity index (χ4n) is 5.10. The third-order valence-corrected chi connectivity index (χ3v) is 7.77. The number of nitrogens with one attached hydrogen (secondary N) is 3. The Morgan fingerprint density at radius 2 is 1.84 bits per heavy atom. The van der Waals surface area contributed by atoms with E-state index in [1.807, 2.05) is 20.2 Å². The molecule has 2 aliphatic heterocycles. The molecule has 6 rings (SSSR count). The van der Waals surface area contributed by atoms with Gasteiger partial charge in [-0.25, -0.2) is 23.7 Å². The SMILES string of the molecule is CN(C)C1CN(C(=N)NC(=O)c2cccc(Nc3ncc4c(n3)C3=CN=C(Cl)C=C(c5c(F)cccc5F)C3=CC4)c2)C1. The van der Waals surface area contributed by atoms with Gasteiger partial charge in [-0.15, -0.1) is 0 Å². The summed E-state index contributed by atoms with van der Waals surface area (Å²) >= 11 is 6.28. The molecule has 3 aromatic rings. The summed E-state index contributed by atoms with van der Waals surface area (Å²) in [6.45, 7) is 1.36. The highest BCUT2D eigenvalue weighted by molar-refractivity contribution is 6.69. The van der Waals surface area contributed by atoms with Crippen LogP contribution in [0.15, 0.2) is 77.6 Å². The third-order valence-electron chi connectivity index (χ3n) is 7.56. The molecule has 3 N–H and O–H groups in total. The zero-order valence-corrected chi connectivity index (χ0v) is 24.1. The predicted molar refractivity (Wildman–Crippen MR) is 163 cm³/mol. The molecule has 1 amide bonds. The van der Waals surface area contributed by atoms with E-state index in [0.717, 1.165) is 5.56 Å². The quantitative estimate of drug-likeness (QED) is 0.282. The molecule has 0 atom stereocenters. The summed E-state index contributed by atoms with van der Waals surface area (Å²) in [5, 5.41) is 14.1. The van der Waals surface area contributed by atoms with Gasteiger partial charge in [0.2, 0.25) is 5.95 Å². The van der Waals surface area contributed by atoms with Crippen LogP contribution in [0, 0.1) is 17.0 Å². The number of carbonyl (C=O) groups excluding carboxylic acids is 1. The fourth-order valence-corrected chi connectivity index (χ4v) is 5.26. The Morgan fingerprint density at radius 1 is 1.09 bits per heavy atom. The van der Waals surface area contributed by atoms with Crippen LogP contribution >= 0.6 is 11.6 Å². The number of hydrogen-bond acceptors (Lipinski definition) is 7. The molecule has 0 unspecified atom stereocenters. The standard InChI is InChI=1S/C31H27ClF2N8O/c1-41(2)20-15-42(16-20)30(35)40-29(43)17-5-3-6-19(11-17)38-31-37-13-18-9-10-21-22(27-24(33)7-4-8-25(27)34)12-26(32)36-14-23(21)28(18)39-31/h3-8,10-14,20H,9,15-16H2,1-2H3,(H2,35,40,43)(H,37,38,39). The number of hydrogen-bond donors (Lipinski definition) is 3. The van der Waals surface area contributed by atoms with E-state index in [1.54, 1.807) is 35.4 Å². The molecule has 0 bridgehead atoms. The molecule has 1 fully saturated rings. The molecule has 1 aliphatic carbocycles. The molecule has 0 radical (unpaired) electrons. The molecular weight excluding hydrogens is 574 g/mol. The second-order valence-corrected chi connectivity index (χ2v) is 11.0. The average molecular weight is 601 g/mol. The van der Waals surface area contributed by atoms with Gasteiger partial charge in [0.05, 0.1) is 11.3 Å². The van der Waals surface area contributed by atoms with Gasteiger partial charge < -0.3 is 15.1 Å². The Hall–Kier alpha value is -4.74. The summed E-state index contributed by atoms with van der Waals surface area (Å²) in [7, 11) is 3.98. The lowest BCUT2D eigenvalue weighted by Crippen LogP contribution is -2.62. The smallest absolute Gasteiger partial charge is 0.258 e. The molecule has 9 nitrogen and oxygen atoms in total. The predicted octanol–water partition coefficient (Wildman–Crippen LogP) is 4.97. The summed E-state index contributed by atoms with van der Waals surface area (Å²) in [6, 6.07) is 10.8. The van der Waals surface area contributed by atoms with Crippen LogP contribution in [0.25, 0.3) is 11.1 Å². The highest BCUT2D eigenvalue weighted by Crippen LogP contribution is 2.41. The zero-order valence-electron chi connectivity index (χ0n) is 23.3. The van der Waals surface area contributed by atoms with Crippen LogP contribution in [0.3, 0.4) is 0 Å². The number of halogens is 3. The largest absolute Gasteiger partial charge is 0.340 e. The van der Waals surface area contributed by atoms with E-state index in [-0.39, 0.29) is 28.2 Å². The van der Waals surface area contributed by atoms with Crippen molar-refractivity contribution >= 4 is 51.4 Å². The summed E-state index contributed by atoms with van der Waals surface area (Å²) in [4.78, 5) is 30.2. The van der Waals surface area contributed by atoms with Crippen molar-refractivity contribution in [1.82, 2.24) is 25.1 Å². The van der Waals surface area contributed by atoms with Gasteiger partial charge in [0, 0.05) is 53.9 Å². The molecule has 1 aromatic heterocycles. The first-order chi connectivity index (χ1) is 20.7. The number of likely N-dealkylation sites (N-methyl/N-ethyl adjacent to an activating group) is 1. The van der Waals surface area contributed by atoms with Crippen molar-refractivity contribution in [1.29, 1.82) is 5.41 Å². The number of likely N-dealkylation sites (tertiary alicyclic amines) is 1. The number of guanidine groups is 1. The monoisotopic (exact) mass is 600 g/mol. The third kappa shape index (κ3) is 5.69. The van der Waals surface area contributed by atoms with E-state index < -0.39 is 17.5 Å². The van der Waals surface area contributed by atoms with E-state index in [0.29, 0.717) is 53.6 Å². The minimum Gasteiger partial charge on any atom is -0.340 e. The number of nitrogens with zero attached hydrogens (tertiary/aromatic N) is 5. The second-order valence-electron chi connectivity index (χ2n) is 10.6. The molecule has 43 heavy (non-hydrogen) atoms. The van der Waals surface area contributed by atoms with E-state index in [9.17, 15) is 13.6 Å². The van der Waals surface area contributed by atoms with Gasteiger partial charge in [-0.3, -0.25) is 15.5 Å². The molecule has 0 spiro atoms. The van der Waals surface area contributed by atoms with Crippen LogP contribution < -0.4 is 10.6 Å². The van der Waals surface area contributed by atoms with E-state index in [2.05, 4.69) is 25.5 Å². The normalized spacial score (nSPS) is 16.1. The van der Waals surface area contributed by atoms with Crippen molar-refractivity contribution in [2.24, 2.45) is 4.99 Å². The summed E-state index contributed by atoms with van der Waals surface area (Å²) in [6.07, 6.45) is 6.94. The Balaban J connectivity index is 1.22. The maximum atomic E-state index is 14.8. The van der Waals surface area contributed by atoms with E-state index in [1.165, 1.54) is 30.5 Å². The first kappa shape index (κ1) is 28.4. The molecule has 1 saturated heterocycles. The zero-order chi connectivity index (χ0) is 30.2. The molecule has 3 aliphatic rings.